The molecule has 3 N–H and O–H groups in total. The molecule has 0 saturated heterocycles. The van der Waals surface area contributed by atoms with Gasteiger partial charge in [0.15, 0.2) is 11.2 Å². The van der Waals surface area contributed by atoms with Crippen molar-refractivity contribution in [1.29, 1.82) is 0 Å². The fourth-order valence-corrected chi connectivity index (χ4v) is 4.08. The van der Waals surface area contributed by atoms with Crippen molar-refractivity contribution in [2.24, 2.45) is 14.1 Å². The monoisotopic (exact) mass is 465 g/mol. The van der Waals surface area contributed by atoms with Crippen molar-refractivity contribution >= 4 is 45.3 Å². The SMILES string of the molecule is Cn1c(Nc2ccc(CO)nc2)nc2c1c(=O)n(Cc1cc3c(Cl)cccc3[nH]1)c(=O)n2C. The highest BCUT2D eigenvalue weighted by molar-refractivity contribution is 6.35. The third-order valence-electron chi connectivity index (χ3n) is 5.60. The van der Waals surface area contributed by atoms with Crippen molar-refractivity contribution in [2.45, 2.75) is 13.2 Å². The maximum Gasteiger partial charge on any atom is 0.332 e. The van der Waals surface area contributed by atoms with Gasteiger partial charge in [0, 0.05) is 35.7 Å². The number of nitrogens with one attached hydrogen (secondary N) is 2. The summed E-state index contributed by atoms with van der Waals surface area (Å²) < 4.78 is 4.13. The highest BCUT2D eigenvalue weighted by Gasteiger charge is 2.19. The van der Waals surface area contributed by atoms with Crippen LogP contribution < -0.4 is 16.6 Å². The third-order valence-corrected chi connectivity index (χ3v) is 5.93. The van der Waals surface area contributed by atoms with Gasteiger partial charge >= 0.3 is 5.69 Å². The predicted molar refractivity (Wildman–Crippen MR) is 126 cm³/mol. The molecule has 0 aliphatic rings. The summed E-state index contributed by atoms with van der Waals surface area (Å²) in [5.74, 6) is 0.380. The number of imidazole rings is 1. The Morgan fingerprint density at radius 1 is 1.15 bits per heavy atom. The Bertz CT molecular complexity index is 1630. The zero-order chi connectivity index (χ0) is 23.3. The van der Waals surface area contributed by atoms with E-state index in [0.717, 1.165) is 10.9 Å². The summed E-state index contributed by atoms with van der Waals surface area (Å²) in [4.78, 5) is 38.2. The number of halogens is 1. The first-order valence-corrected chi connectivity index (χ1v) is 10.5. The van der Waals surface area contributed by atoms with Crippen molar-refractivity contribution in [3.63, 3.8) is 0 Å². The summed E-state index contributed by atoms with van der Waals surface area (Å²) in [6.45, 7) is -0.0935. The molecule has 0 atom stereocenters. The fourth-order valence-electron chi connectivity index (χ4n) is 3.85. The highest BCUT2D eigenvalue weighted by atomic mass is 35.5. The van der Waals surface area contributed by atoms with E-state index in [4.69, 9.17) is 16.7 Å². The number of H-pyrrole nitrogens is 1. The Kier molecular flexibility index (Phi) is 5.03. The first-order valence-electron chi connectivity index (χ1n) is 10.1. The standard InChI is InChI=1S/C22H20ClN7O3/c1-28-18-19(27-21(28)26-12-6-7-13(11-31)24-9-12)29(2)22(33)30(20(18)32)10-14-8-15-16(23)4-3-5-17(15)25-14/h3-9,25,31H,10-11H2,1-2H3,(H,26,27). The van der Waals surface area contributed by atoms with Crippen LogP contribution >= 0.6 is 11.6 Å². The lowest BCUT2D eigenvalue weighted by Crippen LogP contribution is -2.39. The average molecular weight is 466 g/mol. The number of nitrogens with zero attached hydrogens (tertiary/aromatic N) is 5. The van der Waals surface area contributed by atoms with Crippen LogP contribution in [0.4, 0.5) is 11.6 Å². The molecule has 0 aliphatic heterocycles. The van der Waals surface area contributed by atoms with Crippen LogP contribution in [0.1, 0.15) is 11.4 Å². The van der Waals surface area contributed by atoms with Gasteiger partial charge in [-0.3, -0.25) is 18.9 Å². The van der Waals surface area contributed by atoms with E-state index in [9.17, 15) is 9.59 Å². The highest BCUT2D eigenvalue weighted by Crippen LogP contribution is 2.24. The lowest BCUT2D eigenvalue weighted by atomic mass is 10.2. The normalized spacial score (nSPS) is 11.5. The Hall–Kier alpha value is -3.89. The van der Waals surface area contributed by atoms with Gasteiger partial charge in [-0.25, -0.2) is 4.79 Å². The minimum absolute atomic E-state index is 0.0624. The number of aromatic nitrogens is 6. The summed E-state index contributed by atoms with van der Waals surface area (Å²) in [6.07, 6.45) is 1.56. The van der Waals surface area contributed by atoms with Crippen molar-refractivity contribution in [1.82, 2.24) is 28.7 Å². The van der Waals surface area contributed by atoms with E-state index in [-0.39, 0.29) is 24.3 Å². The molecule has 0 radical (unpaired) electrons. The van der Waals surface area contributed by atoms with Gasteiger partial charge in [0.1, 0.15) is 0 Å². The fraction of sp³-hybridized carbons (Fsp3) is 0.182. The topological polar surface area (TPSA) is 123 Å². The molecular formula is C22H20ClN7O3. The zero-order valence-electron chi connectivity index (χ0n) is 17.8. The van der Waals surface area contributed by atoms with E-state index < -0.39 is 11.2 Å². The van der Waals surface area contributed by atoms with E-state index in [1.54, 1.807) is 43.1 Å². The summed E-state index contributed by atoms with van der Waals surface area (Å²) in [5.41, 5.74) is 2.31. The molecule has 168 valence electrons. The van der Waals surface area contributed by atoms with Gasteiger partial charge < -0.3 is 20.0 Å². The lowest BCUT2D eigenvalue weighted by Gasteiger charge is -2.08. The Labute approximate surface area is 191 Å². The van der Waals surface area contributed by atoms with Crippen LogP contribution in [0.15, 0.2) is 52.2 Å². The van der Waals surface area contributed by atoms with Crippen molar-refractivity contribution < 1.29 is 5.11 Å². The van der Waals surface area contributed by atoms with Crippen LogP contribution in [0, 0.1) is 0 Å². The van der Waals surface area contributed by atoms with Gasteiger partial charge in [-0.05, 0) is 30.3 Å². The van der Waals surface area contributed by atoms with Crippen molar-refractivity contribution in [3.8, 4) is 0 Å². The molecule has 5 aromatic rings. The maximum atomic E-state index is 13.3. The minimum Gasteiger partial charge on any atom is -0.390 e. The van der Waals surface area contributed by atoms with Crippen LogP contribution in [-0.2, 0) is 27.2 Å². The van der Waals surface area contributed by atoms with Gasteiger partial charge in [0.05, 0.1) is 30.7 Å². The quantitative estimate of drug-likeness (QED) is 0.366. The number of aliphatic hydroxyl groups excluding tert-OH is 1. The lowest BCUT2D eigenvalue weighted by molar-refractivity contribution is 0.277. The molecule has 1 aromatic carbocycles. The second-order valence-corrected chi connectivity index (χ2v) is 8.12. The molecule has 0 bridgehead atoms. The van der Waals surface area contributed by atoms with Crippen molar-refractivity contribution in [3.05, 3.63) is 79.8 Å². The zero-order valence-corrected chi connectivity index (χ0v) is 18.6. The van der Waals surface area contributed by atoms with E-state index in [2.05, 4.69) is 20.3 Å². The number of fused-ring (bicyclic) bond motifs is 2. The molecule has 0 saturated carbocycles. The molecule has 0 unspecified atom stereocenters. The second-order valence-electron chi connectivity index (χ2n) is 7.72. The molecule has 4 heterocycles. The number of aliphatic hydroxyl groups is 1. The molecule has 0 aliphatic carbocycles. The Morgan fingerprint density at radius 3 is 2.67 bits per heavy atom. The maximum absolute atomic E-state index is 13.3. The van der Waals surface area contributed by atoms with E-state index in [1.807, 2.05) is 18.2 Å². The van der Waals surface area contributed by atoms with E-state index in [0.29, 0.717) is 28.0 Å². The second kappa shape index (κ2) is 7.91. The molecule has 0 amide bonds. The first kappa shape index (κ1) is 21.0. The molecule has 0 spiro atoms. The van der Waals surface area contributed by atoms with Crippen LogP contribution in [0.5, 0.6) is 0 Å². The number of anilines is 2. The number of pyridine rings is 1. The summed E-state index contributed by atoms with van der Waals surface area (Å²) in [6, 6.07) is 10.8. The summed E-state index contributed by atoms with van der Waals surface area (Å²) in [7, 11) is 3.28. The van der Waals surface area contributed by atoms with Crippen LogP contribution in [0.25, 0.3) is 22.1 Å². The number of aryl methyl sites for hydroxylation is 2. The number of hydrogen-bond donors (Lipinski definition) is 3. The van der Waals surface area contributed by atoms with E-state index >= 15 is 0 Å². The number of aromatic amines is 1. The smallest absolute Gasteiger partial charge is 0.332 e. The third kappa shape index (κ3) is 3.49. The number of rotatable bonds is 5. The largest absolute Gasteiger partial charge is 0.390 e. The molecule has 5 rings (SSSR count). The van der Waals surface area contributed by atoms with Gasteiger partial charge in [0.2, 0.25) is 5.95 Å². The Morgan fingerprint density at radius 2 is 1.97 bits per heavy atom. The van der Waals surface area contributed by atoms with Gasteiger partial charge in [-0.2, -0.15) is 4.98 Å². The molecule has 4 aromatic heterocycles. The molecule has 10 nitrogen and oxygen atoms in total. The predicted octanol–water partition coefficient (Wildman–Crippen LogP) is 2.25. The number of benzene rings is 1. The Balaban J connectivity index is 1.58. The molecule has 0 fully saturated rings. The molecular weight excluding hydrogens is 446 g/mol. The number of hydrogen-bond acceptors (Lipinski definition) is 6. The van der Waals surface area contributed by atoms with Crippen LogP contribution in [-0.4, -0.2) is 33.8 Å². The van der Waals surface area contributed by atoms with Gasteiger partial charge in [-0.15, -0.1) is 0 Å². The molecule has 33 heavy (non-hydrogen) atoms. The summed E-state index contributed by atoms with van der Waals surface area (Å²) >= 11 is 6.26. The van der Waals surface area contributed by atoms with Crippen LogP contribution in [0.2, 0.25) is 5.02 Å². The van der Waals surface area contributed by atoms with E-state index in [1.165, 1.54) is 9.13 Å². The summed E-state index contributed by atoms with van der Waals surface area (Å²) in [5, 5.41) is 13.7. The molecule has 11 heteroatoms. The van der Waals surface area contributed by atoms with Gasteiger partial charge in [-0.1, -0.05) is 17.7 Å². The first-order chi connectivity index (χ1) is 15.9. The van der Waals surface area contributed by atoms with Crippen molar-refractivity contribution in [2.75, 3.05) is 5.32 Å². The van der Waals surface area contributed by atoms with Crippen LogP contribution in [0.3, 0.4) is 0 Å². The average Bonchev–Trinajstić information content (AvgIpc) is 3.38. The van der Waals surface area contributed by atoms with Gasteiger partial charge in [0.25, 0.3) is 5.56 Å². The minimum atomic E-state index is -0.476.